The molecule has 33 heavy (non-hydrogen) atoms. The van der Waals surface area contributed by atoms with Crippen LogP contribution in [0.1, 0.15) is 12.8 Å². The first kappa shape index (κ1) is 22.8. The maximum atomic E-state index is 11.3. The van der Waals surface area contributed by atoms with Crippen LogP contribution < -0.4 is 43.6 Å². The summed E-state index contributed by atoms with van der Waals surface area (Å²) in [6, 6.07) is 2.36. The van der Waals surface area contributed by atoms with Gasteiger partial charge in [-0.05, 0) is 18.9 Å². The summed E-state index contributed by atoms with van der Waals surface area (Å²) >= 11 is 0. The van der Waals surface area contributed by atoms with Crippen molar-refractivity contribution in [1.82, 2.24) is 19.9 Å². The molecule has 2 saturated heterocycles. The highest BCUT2D eigenvalue weighted by atomic mass is 16.6. The maximum absolute atomic E-state index is 11.3. The molecule has 2 aromatic heterocycles. The number of nitrogens with zero attached hydrogens (tertiary/aromatic N) is 7. The summed E-state index contributed by atoms with van der Waals surface area (Å²) in [5, 5.41) is 11.3. The van der Waals surface area contributed by atoms with Crippen LogP contribution in [-0.2, 0) is 0 Å². The lowest BCUT2D eigenvalue weighted by atomic mass is 10.0. The van der Waals surface area contributed by atoms with Gasteiger partial charge in [-0.2, -0.15) is 15.0 Å². The lowest BCUT2D eigenvalue weighted by molar-refractivity contribution is -0.384. The van der Waals surface area contributed by atoms with Gasteiger partial charge in [0.1, 0.15) is 0 Å². The Morgan fingerprint density at radius 3 is 1.88 bits per heavy atom. The number of hydrogen-bond acceptors (Lipinski definition) is 14. The van der Waals surface area contributed by atoms with E-state index in [1.807, 2.05) is 9.80 Å². The largest absolute Gasteiger partial charge is 0.338 e. The Morgan fingerprint density at radius 2 is 1.39 bits per heavy atom. The third-order valence-corrected chi connectivity index (χ3v) is 5.48. The van der Waals surface area contributed by atoms with Crippen LogP contribution in [0, 0.1) is 10.1 Å². The molecule has 0 aliphatic carbocycles. The molecular weight excluding hydrogens is 430 g/mol. The first-order valence-corrected chi connectivity index (χ1v) is 10.7. The van der Waals surface area contributed by atoms with Crippen LogP contribution >= 0.6 is 0 Å². The predicted octanol–water partition coefficient (Wildman–Crippen LogP) is -1.66. The van der Waals surface area contributed by atoms with Crippen molar-refractivity contribution in [3.8, 4) is 0 Å². The van der Waals surface area contributed by atoms with Gasteiger partial charge in [0.25, 0.3) is 0 Å². The third-order valence-electron chi connectivity index (χ3n) is 5.48. The predicted molar refractivity (Wildman–Crippen MR) is 124 cm³/mol. The molecule has 0 bridgehead atoms. The number of aromatic nitrogens is 4. The summed E-state index contributed by atoms with van der Waals surface area (Å²) in [5.41, 5.74) is 29.9. The Kier molecular flexibility index (Phi) is 6.64. The quantitative estimate of drug-likeness (QED) is 0.210. The molecule has 4 rings (SSSR count). The SMILES string of the molecule is N[C@@H]1C[C@H](N)CN(c2nc(NNc3ncccc3[N+](=O)[O-])nc(N3C[C@H](N)C[C@H](N)C3)n2)C1. The van der Waals surface area contributed by atoms with Gasteiger partial charge in [-0.1, -0.05) is 0 Å². The third kappa shape index (κ3) is 5.51. The van der Waals surface area contributed by atoms with Gasteiger partial charge in [0, 0.05) is 62.6 Å². The summed E-state index contributed by atoms with van der Waals surface area (Å²) in [4.78, 5) is 32.2. The molecule has 0 aromatic carbocycles. The van der Waals surface area contributed by atoms with Gasteiger partial charge in [-0.3, -0.25) is 21.0 Å². The summed E-state index contributed by atoms with van der Waals surface area (Å²) in [6.45, 7) is 2.15. The monoisotopic (exact) mass is 459 g/mol. The molecule has 10 N–H and O–H groups in total. The Hall–Kier alpha value is -3.40. The Bertz CT molecular complexity index is 927. The van der Waals surface area contributed by atoms with Crippen molar-refractivity contribution in [1.29, 1.82) is 0 Å². The Morgan fingerprint density at radius 1 is 0.879 bits per heavy atom. The number of anilines is 4. The van der Waals surface area contributed by atoms with Crippen LogP contribution in [0.5, 0.6) is 0 Å². The molecule has 0 spiro atoms. The van der Waals surface area contributed by atoms with Crippen LogP contribution in [0.4, 0.5) is 29.4 Å². The van der Waals surface area contributed by atoms with Crippen molar-refractivity contribution in [3.05, 3.63) is 28.4 Å². The molecule has 0 radical (unpaired) electrons. The van der Waals surface area contributed by atoms with E-state index in [2.05, 4.69) is 30.8 Å². The maximum Gasteiger partial charge on any atom is 0.313 e. The zero-order chi connectivity index (χ0) is 23.5. The average molecular weight is 460 g/mol. The Balaban J connectivity index is 1.63. The molecule has 0 unspecified atom stereocenters. The second kappa shape index (κ2) is 9.62. The van der Waals surface area contributed by atoms with Crippen molar-refractivity contribution in [2.45, 2.75) is 37.0 Å². The fourth-order valence-electron chi connectivity index (χ4n) is 4.13. The molecule has 15 heteroatoms. The number of nitro groups is 1. The van der Waals surface area contributed by atoms with E-state index in [4.69, 9.17) is 22.9 Å². The minimum Gasteiger partial charge on any atom is -0.338 e. The number of hydrogen-bond donors (Lipinski definition) is 6. The van der Waals surface area contributed by atoms with Crippen LogP contribution in [0.25, 0.3) is 0 Å². The smallest absolute Gasteiger partial charge is 0.313 e. The van der Waals surface area contributed by atoms with Crippen molar-refractivity contribution in [2.24, 2.45) is 22.9 Å². The number of pyridine rings is 1. The summed E-state index contributed by atoms with van der Waals surface area (Å²) in [6.07, 6.45) is 2.86. The molecular formula is C18H29N13O2. The first-order valence-electron chi connectivity index (χ1n) is 10.7. The number of piperidine rings is 2. The second-order valence-corrected chi connectivity index (χ2v) is 8.46. The van der Waals surface area contributed by atoms with Crippen LogP contribution in [0.3, 0.4) is 0 Å². The molecule has 4 atom stereocenters. The van der Waals surface area contributed by atoms with Crippen molar-refractivity contribution < 1.29 is 4.92 Å². The van der Waals surface area contributed by atoms with E-state index >= 15 is 0 Å². The highest BCUT2D eigenvalue weighted by Crippen LogP contribution is 2.23. The van der Waals surface area contributed by atoms with E-state index < -0.39 is 4.92 Å². The lowest BCUT2D eigenvalue weighted by Gasteiger charge is -2.36. The van der Waals surface area contributed by atoms with Crippen LogP contribution in [-0.4, -0.2) is 75.2 Å². The van der Waals surface area contributed by atoms with Crippen LogP contribution in [0.2, 0.25) is 0 Å². The van der Waals surface area contributed by atoms with Crippen molar-refractivity contribution >= 4 is 29.4 Å². The van der Waals surface area contributed by atoms with Gasteiger partial charge >= 0.3 is 5.69 Å². The Labute approximate surface area is 190 Å². The first-order chi connectivity index (χ1) is 15.8. The molecule has 178 valence electrons. The van der Waals surface area contributed by atoms with E-state index in [1.54, 1.807) is 0 Å². The summed E-state index contributed by atoms with van der Waals surface area (Å²) < 4.78 is 0. The minimum absolute atomic E-state index is 0.0232. The van der Waals surface area contributed by atoms with E-state index in [9.17, 15) is 10.1 Å². The number of hydrazine groups is 1. The highest BCUT2D eigenvalue weighted by molar-refractivity contribution is 5.58. The van der Waals surface area contributed by atoms with E-state index in [-0.39, 0.29) is 41.6 Å². The molecule has 0 amide bonds. The summed E-state index contributed by atoms with van der Waals surface area (Å²) in [5.74, 6) is 0.946. The highest BCUT2D eigenvalue weighted by Gasteiger charge is 2.29. The summed E-state index contributed by atoms with van der Waals surface area (Å²) in [7, 11) is 0. The number of nitrogens with one attached hydrogen (secondary N) is 2. The van der Waals surface area contributed by atoms with Crippen molar-refractivity contribution in [3.63, 3.8) is 0 Å². The lowest BCUT2D eigenvalue weighted by Crippen LogP contribution is -2.54. The standard InChI is InChI=1S/C18H29N13O2/c19-10-4-11(20)7-29(6-10)17-24-16(28-27-15-14(31(32)33)2-1-3-23-15)25-18(26-17)30-8-12(21)5-13(22)9-30/h1-3,10-13H,4-9,19-22H2,(H,23,27)(H,24,25,26,28)/t10-,11+,12-,13+. The topological polar surface area (TPSA) is 229 Å². The van der Waals surface area contributed by atoms with E-state index in [0.29, 0.717) is 50.9 Å². The van der Waals surface area contributed by atoms with Crippen LogP contribution in [0.15, 0.2) is 18.3 Å². The van der Waals surface area contributed by atoms with E-state index in [0.717, 1.165) is 0 Å². The van der Waals surface area contributed by atoms with Crippen molar-refractivity contribution in [2.75, 3.05) is 46.8 Å². The number of rotatable bonds is 6. The van der Waals surface area contributed by atoms with Gasteiger partial charge < -0.3 is 32.7 Å². The minimum atomic E-state index is -0.533. The molecule has 2 aliphatic heterocycles. The second-order valence-electron chi connectivity index (χ2n) is 8.46. The molecule has 0 saturated carbocycles. The molecule has 2 fully saturated rings. The van der Waals surface area contributed by atoms with Gasteiger partial charge in [-0.25, -0.2) is 4.98 Å². The van der Waals surface area contributed by atoms with Gasteiger partial charge in [0.15, 0.2) is 0 Å². The fourth-order valence-corrected chi connectivity index (χ4v) is 4.13. The van der Waals surface area contributed by atoms with Gasteiger partial charge in [-0.15, -0.1) is 0 Å². The van der Waals surface area contributed by atoms with E-state index in [1.165, 1.54) is 18.3 Å². The van der Waals surface area contributed by atoms with Gasteiger partial charge in [0.05, 0.1) is 4.92 Å². The number of nitrogens with two attached hydrogens (primary N) is 4. The normalized spacial score (nSPS) is 25.6. The average Bonchev–Trinajstić information content (AvgIpc) is 2.76. The zero-order valence-electron chi connectivity index (χ0n) is 18.0. The molecule has 2 aromatic rings. The fraction of sp³-hybridized carbons (Fsp3) is 0.556. The molecule has 4 heterocycles. The van der Waals surface area contributed by atoms with Gasteiger partial charge in [0.2, 0.25) is 23.7 Å². The molecule has 15 nitrogen and oxygen atoms in total. The zero-order valence-corrected chi connectivity index (χ0v) is 18.0. The molecule has 2 aliphatic rings.